The fourth-order valence-electron chi connectivity index (χ4n) is 4.07. The number of H-pyrrole nitrogens is 1. The highest BCUT2D eigenvalue weighted by atomic mass is 16.1. The Kier molecular flexibility index (Phi) is 7.07. The summed E-state index contributed by atoms with van der Waals surface area (Å²) in [6.45, 7) is 14.7. The summed E-state index contributed by atoms with van der Waals surface area (Å²) in [6, 6.07) is 6.70. The monoisotopic (exact) mass is 354 g/mol. The van der Waals surface area contributed by atoms with Gasteiger partial charge < -0.3 is 9.88 Å². The van der Waals surface area contributed by atoms with Gasteiger partial charge in [0.1, 0.15) is 5.69 Å². The van der Waals surface area contributed by atoms with Crippen molar-refractivity contribution in [2.75, 3.05) is 18.0 Å². The fraction of sp³-hybridized carbons (Fsp3) is 0.522. The Morgan fingerprint density at radius 3 is 1.96 bits per heavy atom. The highest BCUT2D eigenvalue weighted by Crippen LogP contribution is 2.26. The van der Waals surface area contributed by atoms with E-state index in [-0.39, 0.29) is 5.56 Å². The molecule has 0 aliphatic heterocycles. The normalized spacial score (nSPS) is 11.0. The van der Waals surface area contributed by atoms with Gasteiger partial charge in [0.2, 0.25) is 0 Å². The smallest absolute Gasteiger partial charge is 0.272 e. The molecule has 3 nitrogen and oxygen atoms in total. The SMILES string of the molecule is CCCN(CCC)c1c(Cc2cc(C)cc(C)c2)c(CC)c(C)[nH]c1=O. The molecule has 0 radical (unpaired) electrons. The van der Waals surface area contributed by atoms with Gasteiger partial charge >= 0.3 is 0 Å². The number of benzene rings is 1. The first-order valence-electron chi connectivity index (χ1n) is 9.97. The third-order valence-electron chi connectivity index (χ3n) is 4.94. The first-order chi connectivity index (χ1) is 12.4. The van der Waals surface area contributed by atoms with E-state index in [1.54, 1.807) is 0 Å². The third-order valence-corrected chi connectivity index (χ3v) is 4.94. The molecular formula is C23H34N2O. The molecule has 0 aliphatic carbocycles. The van der Waals surface area contributed by atoms with Crippen molar-refractivity contribution in [3.8, 4) is 0 Å². The van der Waals surface area contributed by atoms with Crippen LogP contribution in [0.1, 0.15) is 67.1 Å². The van der Waals surface area contributed by atoms with Gasteiger partial charge in [-0.25, -0.2) is 0 Å². The summed E-state index contributed by atoms with van der Waals surface area (Å²) < 4.78 is 0. The van der Waals surface area contributed by atoms with E-state index in [4.69, 9.17) is 0 Å². The van der Waals surface area contributed by atoms with Crippen LogP contribution in [0.15, 0.2) is 23.0 Å². The Morgan fingerprint density at radius 2 is 1.46 bits per heavy atom. The minimum atomic E-state index is 0.0565. The third kappa shape index (κ3) is 4.57. The van der Waals surface area contributed by atoms with Crippen molar-refractivity contribution in [3.63, 3.8) is 0 Å². The molecule has 3 heteroatoms. The van der Waals surface area contributed by atoms with Crippen molar-refractivity contribution in [2.45, 2.75) is 67.2 Å². The molecule has 0 spiro atoms. The van der Waals surface area contributed by atoms with E-state index in [0.29, 0.717) is 0 Å². The molecule has 1 N–H and O–H groups in total. The highest BCUT2D eigenvalue weighted by molar-refractivity contribution is 5.58. The Hall–Kier alpha value is -2.03. The number of aromatic amines is 1. The van der Waals surface area contributed by atoms with Gasteiger partial charge in [-0.05, 0) is 56.7 Å². The zero-order valence-corrected chi connectivity index (χ0v) is 17.3. The summed E-state index contributed by atoms with van der Waals surface area (Å²) in [7, 11) is 0. The van der Waals surface area contributed by atoms with E-state index in [0.717, 1.165) is 50.2 Å². The van der Waals surface area contributed by atoms with Crippen molar-refractivity contribution in [2.24, 2.45) is 0 Å². The van der Waals surface area contributed by atoms with Gasteiger partial charge in [0, 0.05) is 25.2 Å². The minimum Gasteiger partial charge on any atom is -0.367 e. The number of pyridine rings is 1. The summed E-state index contributed by atoms with van der Waals surface area (Å²) in [6.07, 6.45) is 3.83. The number of rotatable bonds is 8. The Morgan fingerprint density at radius 1 is 0.885 bits per heavy atom. The largest absolute Gasteiger partial charge is 0.367 e. The topological polar surface area (TPSA) is 36.1 Å². The Labute approximate surface area is 158 Å². The number of nitrogens with one attached hydrogen (secondary N) is 1. The van der Waals surface area contributed by atoms with Crippen LogP contribution in [-0.4, -0.2) is 18.1 Å². The van der Waals surface area contributed by atoms with Crippen LogP contribution >= 0.6 is 0 Å². The molecule has 0 bridgehead atoms. The van der Waals surface area contributed by atoms with Crippen LogP contribution in [-0.2, 0) is 12.8 Å². The maximum absolute atomic E-state index is 12.9. The van der Waals surface area contributed by atoms with E-state index in [9.17, 15) is 4.79 Å². The van der Waals surface area contributed by atoms with Gasteiger partial charge in [-0.15, -0.1) is 0 Å². The molecule has 2 aromatic rings. The number of nitrogens with zero attached hydrogens (tertiary/aromatic N) is 1. The summed E-state index contributed by atoms with van der Waals surface area (Å²) in [4.78, 5) is 18.3. The molecule has 26 heavy (non-hydrogen) atoms. The number of aromatic nitrogens is 1. The second kappa shape index (κ2) is 9.07. The summed E-state index contributed by atoms with van der Waals surface area (Å²) >= 11 is 0. The van der Waals surface area contributed by atoms with Gasteiger partial charge in [0.15, 0.2) is 0 Å². The van der Waals surface area contributed by atoms with Crippen molar-refractivity contribution in [3.05, 3.63) is 62.1 Å². The second-order valence-electron chi connectivity index (χ2n) is 7.40. The van der Waals surface area contributed by atoms with Crippen molar-refractivity contribution in [1.82, 2.24) is 4.98 Å². The standard InChI is InChI=1S/C23H34N2O/c1-7-10-25(11-8-2)22-21(20(9-3)18(6)24-23(22)26)15-19-13-16(4)12-17(5)14-19/h12-14H,7-11,15H2,1-6H3,(H,24,26). The van der Waals surface area contributed by atoms with Crippen molar-refractivity contribution < 1.29 is 0 Å². The Balaban J connectivity index is 2.65. The maximum Gasteiger partial charge on any atom is 0.272 e. The number of hydrogen-bond acceptors (Lipinski definition) is 2. The number of anilines is 1. The van der Waals surface area contributed by atoms with Crippen LogP contribution in [0.4, 0.5) is 5.69 Å². The predicted octanol–water partition coefficient (Wildman–Crippen LogP) is 5.08. The van der Waals surface area contributed by atoms with Crippen LogP contribution in [0.3, 0.4) is 0 Å². The maximum atomic E-state index is 12.9. The van der Waals surface area contributed by atoms with Crippen molar-refractivity contribution in [1.29, 1.82) is 0 Å². The lowest BCUT2D eigenvalue weighted by Crippen LogP contribution is -2.33. The van der Waals surface area contributed by atoms with E-state index in [1.807, 2.05) is 6.92 Å². The molecule has 0 amide bonds. The molecule has 0 atom stereocenters. The molecule has 0 saturated carbocycles. The average Bonchev–Trinajstić information content (AvgIpc) is 2.54. The second-order valence-corrected chi connectivity index (χ2v) is 7.40. The lowest BCUT2D eigenvalue weighted by molar-refractivity contribution is 0.733. The minimum absolute atomic E-state index is 0.0565. The lowest BCUT2D eigenvalue weighted by atomic mass is 9.94. The molecule has 142 valence electrons. The molecule has 2 rings (SSSR count). The summed E-state index contributed by atoms with van der Waals surface area (Å²) in [5, 5.41) is 0. The van der Waals surface area contributed by atoms with Crippen molar-refractivity contribution >= 4 is 5.69 Å². The molecule has 0 saturated heterocycles. The first-order valence-corrected chi connectivity index (χ1v) is 9.97. The average molecular weight is 355 g/mol. The zero-order valence-electron chi connectivity index (χ0n) is 17.3. The van der Waals surface area contributed by atoms with Crippen LogP contribution < -0.4 is 10.5 Å². The van der Waals surface area contributed by atoms with Gasteiger partial charge in [-0.1, -0.05) is 50.1 Å². The van der Waals surface area contributed by atoms with E-state index in [1.165, 1.54) is 27.8 Å². The van der Waals surface area contributed by atoms with E-state index in [2.05, 4.69) is 62.7 Å². The molecule has 0 aliphatic rings. The number of hydrogen-bond donors (Lipinski definition) is 1. The molecule has 1 aromatic carbocycles. The van der Waals surface area contributed by atoms with E-state index >= 15 is 0 Å². The van der Waals surface area contributed by atoms with Gasteiger partial charge in [0.25, 0.3) is 5.56 Å². The van der Waals surface area contributed by atoms with Gasteiger partial charge in [-0.3, -0.25) is 4.79 Å². The van der Waals surface area contributed by atoms with Gasteiger partial charge in [-0.2, -0.15) is 0 Å². The quantitative estimate of drug-likeness (QED) is 0.717. The molecule has 1 heterocycles. The molecular weight excluding hydrogens is 320 g/mol. The van der Waals surface area contributed by atoms with Crippen LogP contribution in [0.2, 0.25) is 0 Å². The zero-order chi connectivity index (χ0) is 19.3. The number of aryl methyl sites for hydroxylation is 3. The fourth-order valence-corrected chi connectivity index (χ4v) is 4.07. The van der Waals surface area contributed by atoms with E-state index < -0.39 is 0 Å². The first kappa shape index (κ1) is 20.3. The van der Waals surface area contributed by atoms with Crippen LogP contribution in [0, 0.1) is 20.8 Å². The summed E-state index contributed by atoms with van der Waals surface area (Å²) in [5.74, 6) is 0. The Bertz CT molecular complexity index is 778. The predicted molar refractivity (Wildman–Crippen MR) is 113 cm³/mol. The van der Waals surface area contributed by atoms with Crippen LogP contribution in [0.5, 0.6) is 0 Å². The van der Waals surface area contributed by atoms with Gasteiger partial charge in [0.05, 0.1) is 0 Å². The molecule has 1 aromatic heterocycles. The molecule has 0 unspecified atom stereocenters. The summed E-state index contributed by atoms with van der Waals surface area (Å²) in [5.41, 5.74) is 8.29. The highest BCUT2D eigenvalue weighted by Gasteiger charge is 2.20. The molecule has 0 fully saturated rings. The lowest BCUT2D eigenvalue weighted by Gasteiger charge is -2.27. The van der Waals surface area contributed by atoms with Crippen LogP contribution in [0.25, 0.3) is 0 Å².